The van der Waals surface area contributed by atoms with E-state index in [4.69, 9.17) is 5.73 Å². The monoisotopic (exact) mass is 455 g/mol. The molecule has 1 fully saturated rings. The average molecular weight is 455 g/mol. The van der Waals surface area contributed by atoms with Crippen LogP contribution in [0.1, 0.15) is 25.7 Å². The second-order valence-corrected chi connectivity index (χ2v) is 7.52. The molecule has 5 nitrogen and oxygen atoms in total. The molecule has 0 unspecified atom stereocenters. The molecule has 23 heavy (non-hydrogen) atoms. The van der Waals surface area contributed by atoms with Crippen LogP contribution in [0.3, 0.4) is 0 Å². The lowest BCUT2D eigenvalue weighted by Crippen LogP contribution is -2.38. The van der Waals surface area contributed by atoms with E-state index in [-0.39, 0.29) is 41.2 Å². The molecule has 2 rings (SSSR count). The van der Waals surface area contributed by atoms with Crippen LogP contribution in [0.25, 0.3) is 0 Å². The number of likely N-dealkylation sites (tertiary alicyclic amines) is 1. The Balaban J connectivity index is 0.00000264. The van der Waals surface area contributed by atoms with E-state index in [0.29, 0.717) is 5.96 Å². The van der Waals surface area contributed by atoms with E-state index in [0.717, 1.165) is 38.1 Å². The highest BCUT2D eigenvalue weighted by Crippen LogP contribution is 2.12. The molecule has 0 aliphatic carbocycles. The van der Waals surface area contributed by atoms with Crippen molar-refractivity contribution in [1.82, 2.24) is 4.90 Å². The van der Waals surface area contributed by atoms with Crippen LogP contribution in [0.4, 0.5) is 4.39 Å². The van der Waals surface area contributed by atoms with Gasteiger partial charge in [0.15, 0.2) is 15.8 Å². The minimum atomic E-state index is -3.46. The van der Waals surface area contributed by atoms with E-state index in [1.807, 2.05) is 4.90 Å². The van der Waals surface area contributed by atoms with Gasteiger partial charge in [0.1, 0.15) is 5.82 Å². The first kappa shape index (κ1) is 20.1. The fourth-order valence-corrected chi connectivity index (χ4v) is 3.56. The van der Waals surface area contributed by atoms with Gasteiger partial charge >= 0.3 is 0 Å². The summed E-state index contributed by atoms with van der Waals surface area (Å²) in [5.41, 5.74) is 5.94. The van der Waals surface area contributed by atoms with Crippen LogP contribution in [0.2, 0.25) is 0 Å². The molecular weight excluding hydrogens is 432 g/mol. The van der Waals surface area contributed by atoms with Crippen molar-refractivity contribution in [3.05, 3.63) is 30.1 Å². The van der Waals surface area contributed by atoms with Gasteiger partial charge in [-0.25, -0.2) is 12.8 Å². The Morgan fingerprint density at radius 1 is 1.13 bits per heavy atom. The Labute approximate surface area is 154 Å². The lowest BCUT2D eigenvalue weighted by atomic mass is 10.2. The van der Waals surface area contributed by atoms with E-state index in [9.17, 15) is 12.8 Å². The molecule has 0 radical (unpaired) electrons. The smallest absolute Gasteiger partial charge is 0.191 e. The lowest BCUT2D eigenvalue weighted by molar-refractivity contribution is 0.429. The Morgan fingerprint density at radius 2 is 1.70 bits per heavy atom. The van der Waals surface area contributed by atoms with Crippen LogP contribution >= 0.6 is 24.0 Å². The molecule has 1 aromatic carbocycles. The van der Waals surface area contributed by atoms with E-state index in [1.165, 1.54) is 25.0 Å². The Hall–Kier alpha value is -0.900. The van der Waals surface area contributed by atoms with Crippen molar-refractivity contribution in [3.8, 4) is 0 Å². The lowest BCUT2D eigenvalue weighted by Gasteiger charge is -2.21. The van der Waals surface area contributed by atoms with Crippen LogP contribution in [0, 0.1) is 5.82 Å². The molecule has 0 aromatic heterocycles. The first-order chi connectivity index (χ1) is 10.5. The summed E-state index contributed by atoms with van der Waals surface area (Å²) in [6.07, 6.45) is 4.57. The number of nitrogens with zero attached hydrogens (tertiary/aromatic N) is 2. The molecule has 1 aliphatic rings. The summed E-state index contributed by atoms with van der Waals surface area (Å²) < 4.78 is 37.1. The number of halogens is 2. The van der Waals surface area contributed by atoms with Crippen LogP contribution in [-0.2, 0) is 9.84 Å². The molecule has 0 atom stereocenters. The van der Waals surface area contributed by atoms with Gasteiger partial charge in [0.25, 0.3) is 0 Å². The number of nitrogens with two attached hydrogens (primary N) is 1. The van der Waals surface area contributed by atoms with Crippen LogP contribution in [-0.4, -0.2) is 44.7 Å². The first-order valence-corrected chi connectivity index (χ1v) is 9.17. The summed E-state index contributed by atoms with van der Waals surface area (Å²) >= 11 is 0. The Bertz CT molecular complexity index is 612. The van der Waals surface area contributed by atoms with Crippen molar-refractivity contribution in [2.45, 2.75) is 30.6 Å². The van der Waals surface area contributed by atoms with Gasteiger partial charge in [-0.05, 0) is 37.1 Å². The highest BCUT2D eigenvalue weighted by Gasteiger charge is 2.15. The van der Waals surface area contributed by atoms with Crippen LogP contribution in [0.5, 0.6) is 0 Å². The zero-order valence-corrected chi connectivity index (χ0v) is 16.1. The molecule has 0 spiro atoms. The Morgan fingerprint density at radius 3 is 2.26 bits per heavy atom. The van der Waals surface area contributed by atoms with Gasteiger partial charge in [0.2, 0.25) is 0 Å². The Kier molecular flexibility index (Phi) is 8.24. The third kappa shape index (κ3) is 6.25. The fraction of sp³-hybridized carbons (Fsp3) is 0.533. The molecule has 0 saturated carbocycles. The van der Waals surface area contributed by atoms with E-state index >= 15 is 0 Å². The zero-order chi connectivity index (χ0) is 16.0. The third-order valence-electron chi connectivity index (χ3n) is 3.74. The summed E-state index contributed by atoms with van der Waals surface area (Å²) in [6, 6.07) is 4.82. The van der Waals surface area contributed by atoms with Crippen molar-refractivity contribution in [2.24, 2.45) is 10.7 Å². The summed E-state index contributed by atoms with van der Waals surface area (Å²) in [7, 11) is -3.46. The molecule has 2 N–H and O–H groups in total. The van der Waals surface area contributed by atoms with Gasteiger partial charge in [-0.3, -0.25) is 4.99 Å². The van der Waals surface area contributed by atoms with Crippen molar-refractivity contribution in [1.29, 1.82) is 0 Å². The highest BCUT2D eigenvalue weighted by molar-refractivity contribution is 14.0. The number of rotatable bonds is 4. The maximum absolute atomic E-state index is 12.8. The number of hydrogen-bond donors (Lipinski definition) is 1. The second kappa shape index (κ2) is 9.41. The predicted octanol–water partition coefficient (Wildman–Crippen LogP) is 2.41. The number of aliphatic imine (C=N–C) groups is 1. The first-order valence-electron chi connectivity index (χ1n) is 7.52. The van der Waals surface area contributed by atoms with Crippen LogP contribution < -0.4 is 5.73 Å². The number of guanidine groups is 1. The predicted molar refractivity (Wildman–Crippen MR) is 100 cm³/mol. The van der Waals surface area contributed by atoms with Gasteiger partial charge in [-0.15, -0.1) is 24.0 Å². The van der Waals surface area contributed by atoms with Gasteiger partial charge in [0.05, 0.1) is 17.2 Å². The molecule has 130 valence electrons. The van der Waals surface area contributed by atoms with E-state index in [1.54, 1.807) is 0 Å². The van der Waals surface area contributed by atoms with Crippen molar-refractivity contribution in [3.63, 3.8) is 0 Å². The minimum absolute atomic E-state index is 0. The largest absolute Gasteiger partial charge is 0.370 e. The van der Waals surface area contributed by atoms with Crippen molar-refractivity contribution >= 4 is 39.8 Å². The molecular formula is C15H23FIN3O2S. The molecule has 8 heteroatoms. The number of benzene rings is 1. The normalized spacial score (nSPS) is 16.6. The quantitative estimate of drug-likeness (QED) is 0.328. The maximum Gasteiger partial charge on any atom is 0.191 e. The summed E-state index contributed by atoms with van der Waals surface area (Å²) in [5, 5.41) is 0. The molecule has 0 bridgehead atoms. The summed E-state index contributed by atoms with van der Waals surface area (Å²) in [5.74, 6) is -0.175. The maximum atomic E-state index is 12.8. The zero-order valence-electron chi connectivity index (χ0n) is 12.9. The molecule has 1 aromatic rings. The number of hydrogen-bond acceptors (Lipinski definition) is 3. The fourth-order valence-electron chi connectivity index (χ4n) is 2.44. The SMILES string of the molecule is I.NC(=NCCS(=O)(=O)c1ccc(F)cc1)N1CCCCCC1. The van der Waals surface area contributed by atoms with E-state index < -0.39 is 15.7 Å². The van der Waals surface area contributed by atoms with Gasteiger partial charge in [-0.1, -0.05) is 12.8 Å². The molecule has 1 aliphatic heterocycles. The van der Waals surface area contributed by atoms with Crippen LogP contribution in [0.15, 0.2) is 34.2 Å². The summed E-state index contributed by atoms with van der Waals surface area (Å²) in [4.78, 5) is 6.31. The number of sulfone groups is 1. The minimum Gasteiger partial charge on any atom is -0.370 e. The van der Waals surface area contributed by atoms with Crippen molar-refractivity contribution < 1.29 is 12.8 Å². The highest BCUT2D eigenvalue weighted by atomic mass is 127. The topological polar surface area (TPSA) is 75.8 Å². The van der Waals surface area contributed by atoms with Crippen molar-refractivity contribution in [2.75, 3.05) is 25.4 Å². The van der Waals surface area contributed by atoms with Gasteiger partial charge in [-0.2, -0.15) is 0 Å². The van der Waals surface area contributed by atoms with Gasteiger partial charge < -0.3 is 10.6 Å². The summed E-state index contributed by atoms with van der Waals surface area (Å²) in [6.45, 7) is 1.86. The molecule has 0 amide bonds. The molecule has 1 saturated heterocycles. The van der Waals surface area contributed by atoms with Gasteiger partial charge in [0, 0.05) is 13.1 Å². The second-order valence-electron chi connectivity index (χ2n) is 5.41. The standard InChI is InChI=1S/C15H22FN3O2S.HI/c16-13-5-7-14(8-6-13)22(20,21)12-9-18-15(17)19-10-3-1-2-4-11-19;/h5-8H,1-4,9-12H2,(H2,17,18);1H. The average Bonchev–Trinajstić information content (AvgIpc) is 2.76. The third-order valence-corrected chi connectivity index (χ3v) is 5.45. The molecule has 1 heterocycles. The van der Waals surface area contributed by atoms with E-state index in [2.05, 4.69) is 4.99 Å².